The van der Waals surface area contributed by atoms with Crippen molar-refractivity contribution in [1.29, 1.82) is 0 Å². The molecule has 1 unspecified atom stereocenters. The maximum Gasteiger partial charge on any atom is 0.252 e. The van der Waals surface area contributed by atoms with Crippen LogP contribution in [0.1, 0.15) is 16.8 Å². The summed E-state index contributed by atoms with van der Waals surface area (Å²) in [6.45, 7) is 2.09. The second-order valence-electron chi connectivity index (χ2n) is 4.03. The Morgan fingerprint density at radius 3 is 3.18 bits per heavy atom. The van der Waals surface area contributed by atoms with E-state index < -0.39 is 0 Å². The Labute approximate surface area is 104 Å². The van der Waals surface area contributed by atoms with Crippen LogP contribution in [0, 0.1) is 5.92 Å². The third-order valence-electron chi connectivity index (χ3n) is 2.71. The third kappa shape index (κ3) is 3.08. The molecule has 6 heteroatoms. The van der Waals surface area contributed by atoms with Crippen molar-refractivity contribution < 1.29 is 9.53 Å². The summed E-state index contributed by atoms with van der Waals surface area (Å²) in [5.74, 6) is 0.440. The van der Waals surface area contributed by atoms with Crippen molar-refractivity contribution >= 4 is 23.3 Å². The van der Waals surface area contributed by atoms with Crippen molar-refractivity contribution in [3.63, 3.8) is 0 Å². The third-order valence-corrected chi connectivity index (χ3v) is 3.01. The maximum atomic E-state index is 11.8. The highest BCUT2D eigenvalue weighted by Gasteiger charge is 2.17. The number of aromatic nitrogens is 1. The van der Waals surface area contributed by atoms with Crippen LogP contribution < -0.4 is 11.1 Å². The zero-order valence-electron chi connectivity index (χ0n) is 9.28. The van der Waals surface area contributed by atoms with E-state index in [0.29, 0.717) is 29.7 Å². The summed E-state index contributed by atoms with van der Waals surface area (Å²) in [5, 5.41) is 3.12. The van der Waals surface area contributed by atoms with Gasteiger partial charge in [-0.3, -0.25) is 4.79 Å². The number of nitrogens with two attached hydrogens (primary N) is 1. The molecular weight excluding hydrogens is 242 g/mol. The number of halogens is 1. The van der Waals surface area contributed by atoms with Gasteiger partial charge in [0.2, 0.25) is 0 Å². The first-order valence-electron chi connectivity index (χ1n) is 5.44. The molecule has 1 saturated heterocycles. The molecule has 0 spiro atoms. The molecule has 0 bridgehead atoms. The predicted molar refractivity (Wildman–Crippen MR) is 64.9 cm³/mol. The molecule has 0 aromatic carbocycles. The Morgan fingerprint density at radius 1 is 1.71 bits per heavy atom. The summed E-state index contributed by atoms with van der Waals surface area (Å²) >= 11 is 5.80. The number of nitrogens with zero attached hydrogens (tertiary/aromatic N) is 1. The monoisotopic (exact) mass is 255 g/mol. The summed E-state index contributed by atoms with van der Waals surface area (Å²) < 4.78 is 5.23. The molecule has 5 nitrogen and oxygen atoms in total. The Bertz CT molecular complexity index is 419. The summed E-state index contributed by atoms with van der Waals surface area (Å²) in [6, 6.07) is 1.52. The van der Waals surface area contributed by atoms with Crippen molar-refractivity contribution in [3.8, 4) is 0 Å². The minimum atomic E-state index is -0.189. The van der Waals surface area contributed by atoms with Gasteiger partial charge in [0.25, 0.3) is 5.91 Å². The molecule has 1 aromatic rings. The number of ether oxygens (including phenoxy) is 1. The number of amides is 1. The lowest BCUT2D eigenvalue weighted by Crippen LogP contribution is -2.29. The lowest BCUT2D eigenvalue weighted by Gasteiger charge is -2.09. The van der Waals surface area contributed by atoms with Crippen LogP contribution in [0.15, 0.2) is 12.3 Å². The van der Waals surface area contributed by atoms with Crippen LogP contribution in [0.2, 0.25) is 5.02 Å². The predicted octanol–water partition coefficient (Wildman–Crippen LogP) is 1.08. The average molecular weight is 256 g/mol. The first-order chi connectivity index (χ1) is 8.16. The Balaban J connectivity index is 1.92. The van der Waals surface area contributed by atoms with Gasteiger partial charge >= 0.3 is 0 Å². The smallest absolute Gasteiger partial charge is 0.252 e. The zero-order chi connectivity index (χ0) is 12.3. The van der Waals surface area contributed by atoms with Gasteiger partial charge in [-0.25, -0.2) is 4.98 Å². The molecular formula is C11H14ClN3O2. The number of carbonyl (C=O) groups excluding carboxylic acids is 1. The number of hydrogen-bond acceptors (Lipinski definition) is 4. The summed E-state index contributed by atoms with van der Waals surface area (Å²) in [5.41, 5.74) is 5.89. The van der Waals surface area contributed by atoms with Gasteiger partial charge in [-0.05, 0) is 12.5 Å². The molecule has 92 valence electrons. The second-order valence-corrected chi connectivity index (χ2v) is 4.44. The van der Waals surface area contributed by atoms with Crippen LogP contribution in [0.4, 0.5) is 5.82 Å². The Kier molecular flexibility index (Phi) is 3.81. The molecule has 1 aromatic heterocycles. The fourth-order valence-electron chi connectivity index (χ4n) is 1.66. The Morgan fingerprint density at radius 2 is 2.53 bits per heavy atom. The Hall–Kier alpha value is -1.33. The second kappa shape index (κ2) is 5.33. The molecule has 1 atom stereocenters. The highest BCUT2D eigenvalue weighted by Crippen LogP contribution is 2.17. The molecule has 1 fully saturated rings. The number of nitrogen functional groups attached to an aromatic ring is 1. The minimum Gasteiger partial charge on any atom is -0.382 e. The van der Waals surface area contributed by atoms with E-state index in [9.17, 15) is 4.79 Å². The number of hydrogen-bond donors (Lipinski definition) is 2. The average Bonchev–Trinajstić information content (AvgIpc) is 2.82. The van der Waals surface area contributed by atoms with Crippen molar-refractivity contribution in [2.75, 3.05) is 25.5 Å². The molecule has 0 aliphatic carbocycles. The van der Waals surface area contributed by atoms with Crippen molar-refractivity contribution in [2.24, 2.45) is 5.92 Å². The fourth-order valence-corrected chi connectivity index (χ4v) is 1.82. The summed E-state index contributed by atoms with van der Waals surface area (Å²) in [4.78, 5) is 15.6. The normalized spacial score (nSPS) is 19.2. The van der Waals surface area contributed by atoms with E-state index in [1.165, 1.54) is 12.3 Å². The molecule has 0 radical (unpaired) electrons. The number of anilines is 1. The topological polar surface area (TPSA) is 77.2 Å². The highest BCUT2D eigenvalue weighted by molar-refractivity contribution is 6.33. The first-order valence-corrected chi connectivity index (χ1v) is 5.81. The van der Waals surface area contributed by atoms with Crippen LogP contribution >= 0.6 is 11.6 Å². The largest absolute Gasteiger partial charge is 0.382 e. The van der Waals surface area contributed by atoms with E-state index in [1.807, 2.05) is 0 Å². The standard InChI is InChI=1S/C11H14ClN3O2/c12-9-3-8(5-14-10(9)13)11(16)15-4-7-1-2-17-6-7/h3,5,7H,1-2,4,6H2,(H2,13,14)(H,15,16). The van der Waals surface area contributed by atoms with Gasteiger partial charge < -0.3 is 15.8 Å². The van der Waals surface area contributed by atoms with E-state index >= 15 is 0 Å². The van der Waals surface area contributed by atoms with Crippen LogP contribution in [0.25, 0.3) is 0 Å². The summed E-state index contributed by atoms with van der Waals surface area (Å²) in [7, 11) is 0. The number of nitrogens with one attached hydrogen (secondary N) is 1. The van der Waals surface area contributed by atoms with Gasteiger partial charge in [-0.2, -0.15) is 0 Å². The van der Waals surface area contributed by atoms with E-state index in [4.69, 9.17) is 22.1 Å². The van der Waals surface area contributed by atoms with Crippen LogP contribution in [0.3, 0.4) is 0 Å². The minimum absolute atomic E-state index is 0.189. The molecule has 1 amide bonds. The van der Waals surface area contributed by atoms with Crippen LogP contribution in [-0.4, -0.2) is 30.6 Å². The first kappa shape index (κ1) is 12.1. The van der Waals surface area contributed by atoms with Gasteiger partial charge in [0.1, 0.15) is 5.82 Å². The molecule has 3 N–H and O–H groups in total. The molecule has 2 heterocycles. The lowest BCUT2D eigenvalue weighted by atomic mass is 10.1. The van der Waals surface area contributed by atoms with Crippen LogP contribution in [0.5, 0.6) is 0 Å². The number of rotatable bonds is 3. The van der Waals surface area contributed by atoms with Crippen molar-refractivity contribution in [2.45, 2.75) is 6.42 Å². The molecule has 1 aliphatic heterocycles. The zero-order valence-corrected chi connectivity index (χ0v) is 10.0. The van der Waals surface area contributed by atoms with E-state index in [1.54, 1.807) is 0 Å². The van der Waals surface area contributed by atoms with E-state index in [2.05, 4.69) is 10.3 Å². The molecule has 2 rings (SSSR count). The van der Waals surface area contributed by atoms with Gasteiger partial charge in [-0.15, -0.1) is 0 Å². The highest BCUT2D eigenvalue weighted by atomic mass is 35.5. The SMILES string of the molecule is Nc1ncc(C(=O)NCC2CCOC2)cc1Cl. The molecule has 17 heavy (non-hydrogen) atoms. The molecule has 0 saturated carbocycles. The van der Waals surface area contributed by atoms with Crippen molar-refractivity contribution in [3.05, 3.63) is 22.8 Å². The van der Waals surface area contributed by atoms with Gasteiger partial charge in [-0.1, -0.05) is 11.6 Å². The van der Waals surface area contributed by atoms with Crippen LogP contribution in [-0.2, 0) is 4.74 Å². The fraction of sp³-hybridized carbons (Fsp3) is 0.455. The van der Waals surface area contributed by atoms with E-state index in [0.717, 1.165) is 13.0 Å². The van der Waals surface area contributed by atoms with Gasteiger partial charge in [0.05, 0.1) is 17.2 Å². The quantitative estimate of drug-likeness (QED) is 0.847. The number of carbonyl (C=O) groups is 1. The maximum absolute atomic E-state index is 11.8. The summed E-state index contributed by atoms with van der Waals surface area (Å²) in [6.07, 6.45) is 2.41. The van der Waals surface area contributed by atoms with E-state index in [-0.39, 0.29) is 11.7 Å². The van der Waals surface area contributed by atoms with Gasteiger partial charge in [0.15, 0.2) is 0 Å². The molecule has 1 aliphatic rings. The number of pyridine rings is 1. The van der Waals surface area contributed by atoms with Gasteiger partial charge in [0, 0.05) is 25.3 Å². The van der Waals surface area contributed by atoms with Crippen molar-refractivity contribution in [1.82, 2.24) is 10.3 Å². The lowest BCUT2D eigenvalue weighted by molar-refractivity contribution is 0.0944.